The summed E-state index contributed by atoms with van der Waals surface area (Å²) in [6.07, 6.45) is 1.62. The Bertz CT molecular complexity index is 291. The normalized spacial score (nSPS) is 11.8. The Labute approximate surface area is 111 Å². The quantitative estimate of drug-likeness (QED) is 0.440. The van der Waals surface area contributed by atoms with Gasteiger partial charge in [-0.1, -0.05) is 0 Å². The van der Waals surface area contributed by atoms with Crippen LogP contribution < -0.4 is 10.8 Å². The number of carbonyl (C=O) groups is 1. The summed E-state index contributed by atoms with van der Waals surface area (Å²) in [5, 5.41) is 10.5. The molecule has 0 spiro atoms. The van der Waals surface area contributed by atoms with Gasteiger partial charge in [-0.05, 0) is 5.16 Å². The van der Waals surface area contributed by atoms with Gasteiger partial charge in [0.25, 0.3) is 0 Å². The van der Waals surface area contributed by atoms with Crippen LogP contribution in [-0.2, 0) is 23.8 Å². The van der Waals surface area contributed by atoms with Gasteiger partial charge in [-0.15, -0.1) is 0 Å². The first-order chi connectivity index (χ1) is 5.59. The summed E-state index contributed by atoms with van der Waals surface area (Å²) < 4.78 is 0. The molecule has 1 aromatic heterocycles. The minimum atomic E-state index is -1.28. The largest absolute Gasteiger partial charge is 2.00 e. The van der Waals surface area contributed by atoms with Crippen molar-refractivity contribution < 1.29 is 9.90 Å². The van der Waals surface area contributed by atoms with Crippen molar-refractivity contribution in [3.8, 4) is 0 Å². The zero-order valence-electron chi connectivity index (χ0n) is 6.82. The van der Waals surface area contributed by atoms with E-state index in [-0.39, 0.29) is 44.2 Å². The third-order valence-corrected chi connectivity index (χ3v) is 1.56. The van der Waals surface area contributed by atoms with Gasteiger partial charge in [0.1, 0.15) is 0 Å². The van der Waals surface area contributed by atoms with Crippen LogP contribution in [0.15, 0.2) is 11.4 Å². The van der Waals surface area contributed by atoms with E-state index in [2.05, 4.69) is 22.6 Å². The number of H-pyrrole nitrogens is 1. The summed E-state index contributed by atoms with van der Waals surface area (Å²) >= 11 is 4.68. The van der Waals surface area contributed by atoms with Gasteiger partial charge >= 0.3 is 37.7 Å². The molecule has 0 aliphatic heterocycles. The average molecular weight is 225 g/mol. The minimum absolute atomic E-state index is 0. The molecule has 0 bridgehead atoms. The summed E-state index contributed by atoms with van der Waals surface area (Å²) in [6.45, 7) is 0. The van der Waals surface area contributed by atoms with E-state index >= 15 is 0 Å². The summed E-state index contributed by atoms with van der Waals surface area (Å²) in [4.78, 5) is 16.6. The molecule has 0 saturated carbocycles. The van der Waals surface area contributed by atoms with Crippen LogP contribution in [0.25, 0.3) is 0 Å². The number of imidazole rings is 1. The van der Waals surface area contributed by atoms with Gasteiger partial charge in [0.2, 0.25) is 0 Å². The standard InChI is InChI=1S/C6H9N3O2S.Ca/c7-4(5(10)11)1-3-2-8-6(12)9-3;/h2,4H,1,7H2,(H,10,11)(H2,8,9,12);/q;+2/p-2. The summed E-state index contributed by atoms with van der Waals surface area (Å²) in [5.74, 6) is -1.28. The number of aromatic nitrogens is 2. The van der Waals surface area contributed by atoms with Crippen LogP contribution in [0.5, 0.6) is 0 Å². The molecule has 1 rings (SSSR count). The number of rotatable bonds is 3. The van der Waals surface area contributed by atoms with Gasteiger partial charge in [-0.3, -0.25) is 4.98 Å². The van der Waals surface area contributed by atoms with Crippen molar-refractivity contribution in [3.05, 3.63) is 11.9 Å². The van der Waals surface area contributed by atoms with E-state index in [9.17, 15) is 9.90 Å². The molecule has 5 nitrogen and oxygen atoms in total. The van der Waals surface area contributed by atoms with Crippen LogP contribution in [0.4, 0.5) is 0 Å². The monoisotopic (exact) mass is 225 g/mol. The summed E-state index contributed by atoms with van der Waals surface area (Å²) in [5.41, 5.74) is 5.82. The molecular formula is C6H7CaN3O2S. The molecule has 13 heavy (non-hydrogen) atoms. The molecule has 1 atom stereocenters. The van der Waals surface area contributed by atoms with Crippen molar-refractivity contribution in [2.75, 3.05) is 0 Å². The molecule has 0 aliphatic rings. The van der Waals surface area contributed by atoms with E-state index in [1.807, 2.05) is 0 Å². The van der Waals surface area contributed by atoms with E-state index in [0.29, 0.717) is 10.9 Å². The third kappa shape index (κ3) is 4.23. The predicted molar refractivity (Wildman–Crippen MR) is 46.7 cm³/mol. The molecule has 0 aromatic carbocycles. The van der Waals surface area contributed by atoms with E-state index in [1.54, 1.807) is 0 Å². The van der Waals surface area contributed by atoms with Gasteiger partial charge in [0.05, 0.1) is 5.97 Å². The van der Waals surface area contributed by atoms with E-state index in [4.69, 9.17) is 5.73 Å². The Morgan fingerprint density at radius 2 is 2.46 bits per heavy atom. The number of hydrogen-bond donors (Lipinski definition) is 2. The van der Waals surface area contributed by atoms with Crippen LogP contribution in [0, 0.1) is 0 Å². The van der Waals surface area contributed by atoms with E-state index in [1.165, 1.54) is 6.20 Å². The van der Waals surface area contributed by atoms with E-state index in [0.717, 1.165) is 0 Å². The number of carboxylic acids is 1. The van der Waals surface area contributed by atoms with E-state index < -0.39 is 12.0 Å². The van der Waals surface area contributed by atoms with Crippen LogP contribution in [0.3, 0.4) is 0 Å². The number of nitrogens with zero attached hydrogens (tertiary/aromatic N) is 1. The number of nitrogens with two attached hydrogens (primary N) is 1. The average Bonchev–Trinajstić information content (AvgIpc) is 2.35. The predicted octanol–water partition coefficient (Wildman–Crippen LogP) is -2.45. The Morgan fingerprint density at radius 1 is 1.85 bits per heavy atom. The van der Waals surface area contributed by atoms with Gasteiger partial charge < -0.3 is 33.2 Å². The van der Waals surface area contributed by atoms with Gasteiger partial charge in [-0.2, -0.15) is 0 Å². The fourth-order valence-electron chi connectivity index (χ4n) is 0.762. The second-order valence-electron chi connectivity index (χ2n) is 2.34. The number of aliphatic carboxylic acids is 1. The van der Waals surface area contributed by atoms with Gasteiger partial charge in [-0.25, -0.2) is 0 Å². The van der Waals surface area contributed by atoms with Crippen LogP contribution >= 0.6 is 0 Å². The first kappa shape index (κ1) is 13.1. The molecule has 0 saturated heterocycles. The molecule has 0 aliphatic carbocycles. The maximum Gasteiger partial charge on any atom is 2.00 e. The fourth-order valence-corrected chi connectivity index (χ4v) is 0.946. The molecule has 1 unspecified atom stereocenters. The van der Waals surface area contributed by atoms with Gasteiger partial charge in [0, 0.05) is 24.4 Å². The number of hydrogen-bond acceptors (Lipinski definition) is 5. The van der Waals surface area contributed by atoms with Crippen LogP contribution in [-0.4, -0.2) is 59.7 Å². The molecule has 7 heteroatoms. The minimum Gasteiger partial charge on any atom is -0.742 e. The van der Waals surface area contributed by atoms with Crippen molar-refractivity contribution in [3.63, 3.8) is 0 Å². The molecule has 66 valence electrons. The Hall–Kier alpha value is 0.120. The Kier molecular flexibility index (Phi) is 5.82. The number of carboxylic acid groups (broad SMARTS) is 1. The topological polar surface area (TPSA) is 94.8 Å². The van der Waals surface area contributed by atoms with Crippen molar-refractivity contribution in [2.45, 2.75) is 17.6 Å². The first-order valence-corrected chi connectivity index (χ1v) is 3.67. The maximum atomic E-state index is 10.2. The van der Waals surface area contributed by atoms with Crippen LogP contribution in [0.1, 0.15) is 5.69 Å². The fraction of sp³-hybridized carbons (Fsp3) is 0.333. The second kappa shape index (κ2) is 5.77. The zero-order valence-corrected chi connectivity index (χ0v) is 9.84. The first-order valence-electron chi connectivity index (χ1n) is 3.27. The maximum absolute atomic E-state index is 10.2. The molecule has 1 aromatic rings. The number of carbonyl (C=O) groups excluding carboxylic acids is 1. The third-order valence-electron chi connectivity index (χ3n) is 1.35. The molecule has 0 radical (unpaired) electrons. The smallest absolute Gasteiger partial charge is 0.742 e. The second-order valence-corrected chi connectivity index (χ2v) is 2.73. The Morgan fingerprint density at radius 3 is 2.85 bits per heavy atom. The van der Waals surface area contributed by atoms with Crippen molar-refractivity contribution in [1.29, 1.82) is 0 Å². The Balaban J connectivity index is 0.00000144. The van der Waals surface area contributed by atoms with Crippen molar-refractivity contribution in [1.82, 2.24) is 9.97 Å². The van der Waals surface area contributed by atoms with Gasteiger partial charge in [0.15, 0.2) is 0 Å². The molecule has 0 fully saturated rings. The summed E-state index contributed by atoms with van der Waals surface area (Å²) in [7, 11) is 0. The number of nitrogens with one attached hydrogen (secondary N) is 1. The number of aromatic amines is 1. The SMILES string of the molecule is NC(Cc1cnc([S-])[nH]1)C(=O)[O-].[Ca+2]. The summed E-state index contributed by atoms with van der Waals surface area (Å²) in [6, 6.07) is -1.01. The van der Waals surface area contributed by atoms with Crippen LogP contribution in [0.2, 0.25) is 0 Å². The zero-order chi connectivity index (χ0) is 9.14. The molecule has 3 N–H and O–H groups in total. The van der Waals surface area contributed by atoms with Crippen molar-refractivity contribution >= 4 is 56.3 Å². The molecule has 0 amide bonds. The molecule has 1 heterocycles. The molecular weight excluding hydrogens is 218 g/mol. The van der Waals surface area contributed by atoms with Crippen molar-refractivity contribution in [2.24, 2.45) is 5.73 Å².